The van der Waals surface area contributed by atoms with Gasteiger partial charge >= 0.3 is 0 Å². The first kappa shape index (κ1) is 19.2. The summed E-state index contributed by atoms with van der Waals surface area (Å²) in [7, 11) is 0. The molecule has 0 saturated heterocycles. The Bertz CT molecular complexity index is 632. The summed E-state index contributed by atoms with van der Waals surface area (Å²) in [6, 6.07) is 5.59. The Kier molecular flexibility index (Phi) is 6.42. The molecule has 25 heavy (non-hydrogen) atoms. The minimum absolute atomic E-state index is 0.0130. The van der Waals surface area contributed by atoms with Crippen LogP contribution in [0.1, 0.15) is 58.6 Å². The minimum atomic E-state index is -0.561. The Morgan fingerprint density at radius 1 is 1.32 bits per heavy atom. The van der Waals surface area contributed by atoms with Crippen molar-refractivity contribution >= 4 is 17.5 Å². The third kappa shape index (κ3) is 4.31. The zero-order valence-corrected chi connectivity index (χ0v) is 15.5. The van der Waals surface area contributed by atoms with Gasteiger partial charge in [0, 0.05) is 12.1 Å². The molecule has 1 aliphatic rings. The molecule has 3 unspecified atom stereocenters. The van der Waals surface area contributed by atoms with Crippen LogP contribution in [0.15, 0.2) is 18.2 Å². The highest BCUT2D eigenvalue weighted by molar-refractivity contribution is 6.04. The summed E-state index contributed by atoms with van der Waals surface area (Å²) >= 11 is 0. The quantitative estimate of drug-likeness (QED) is 0.794. The smallest absolute Gasteiger partial charge is 0.268 e. The molecule has 3 atom stereocenters. The van der Waals surface area contributed by atoms with Crippen LogP contribution in [-0.4, -0.2) is 30.5 Å². The number of hydrogen-bond donors (Lipinski definition) is 2. The monoisotopic (exact) mass is 347 g/mol. The topological polar surface area (TPSA) is 84.7 Å². The lowest BCUT2D eigenvalue weighted by molar-refractivity contribution is -0.129. The fourth-order valence-corrected chi connectivity index (χ4v) is 2.79. The van der Waals surface area contributed by atoms with E-state index in [2.05, 4.69) is 5.32 Å². The molecule has 0 aliphatic carbocycles. The van der Waals surface area contributed by atoms with Crippen LogP contribution in [0, 0.1) is 0 Å². The van der Waals surface area contributed by atoms with E-state index in [0.29, 0.717) is 17.9 Å². The molecule has 0 aromatic heterocycles. The van der Waals surface area contributed by atoms with Gasteiger partial charge in [-0.1, -0.05) is 26.8 Å². The van der Waals surface area contributed by atoms with Crippen molar-refractivity contribution < 1.29 is 14.3 Å². The summed E-state index contributed by atoms with van der Waals surface area (Å²) in [6.45, 7) is 7.84. The molecule has 138 valence electrons. The van der Waals surface area contributed by atoms with Crippen molar-refractivity contribution in [2.45, 2.75) is 65.1 Å². The number of hydrogen-bond acceptors (Lipinski definition) is 4. The third-order valence-corrected chi connectivity index (χ3v) is 4.64. The predicted octanol–water partition coefficient (Wildman–Crippen LogP) is 2.52. The maximum atomic E-state index is 12.8. The Morgan fingerprint density at radius 2 is 2.04 bits per heavy atom. The lowest BCUT2D eigenvalue weighted by Gasteiger charge is -2.34. The number of carbonyl (C=O) groups is 2. The van der Waals surface area contributed by atoms with Crippen LogP contribution >= 0.6 is 0 Å². The largest absolute Gasteiger partial charge is 0.478 e. The molecule has 0 radical (unpaired) electrons. The summed E-state index contributed by atoms with van der Waals surface area (Å²) in [5.74, 6) is 0.266. The minimum Gasteiger partial charge on any atom is -0.478 e. The summed E-state index contributed by atoms with van der Waals surface area (Å²) in [6.07, 6.45) is 1.62. The number of fused-ring (bicyclic) bond motifs is 1. The van der Waals surface area contributed by atoms with Crippen molar-refractivity contribution in [1.82, 2.24) is 5.32 Å². The molecule has 2 rings (SSSR count). The van der Waals surface area contributed by atoms with E-state index in [-0.39, 0.29) is 30.4 Å². The fraction of sp³-hybridized carbons (Fsp3) is 0.579. The number of anilines is 1. The molecule has 0 bridgehead atoms. The first-order chi connectivity index (χ1) is 11.9. The highest BCUT2D eigenvalue weighted by Crippen LogP contribution is 2.36. The average molecular weight is 347 g/mol. The maximum absolute atomic E-state index is 12.8. The van der Waals surface area contributed by atoms with Crippen LogP contribution in [0.3, 0.4) is 0 Å². The molecule has 0 fully saturated rings. The first-order valence-corrected chi connectivity index (χ1v) is 9.08. The Morgan fingerprint density at radius 3 is 2.64 bits per heavy atom. The summed E-state index contributed by atoms with van der Waals surface area (Å²) in [5.41, 5.74) is 7.67. The Labute approximate surface area is 149 Å². The first-order valence-electron chi connectivity index (χ1n) is 9.08. The molecule has 0 spiro atoms. The van der Waals surface area contributed by atoms with Crippen molar-refractivity contribution in [2.24, 2.45) is 5.73 Å². The lowest BCUT2D eigenvalue weighted by Crippen LogP contribution is -2.50. The zero-order valence-electron chi connectivity index (χ0n) is 15.5. The molecular formula is C19H29N3O3. The van der Waals surface area contributed by atoms with Gasteiger partial charge in [0.25, 0.3) is 5.91 Å². The number of carbonyl (C=O) groups excluding carboxylic acids is 2. The van der Waals surface area contributed by atoms with E-state index in [9.17, 15) is 9.59 Å². The number of nitrogens with zero attached hydrogens (tertiary/aromatic N) is 1. The molecule has 0 saturated carbocycles. The van der Waals surface area contributed by atoms with Crippen molar-refractivity contribution in [1.29, 1.82) is 0 Å². The summed E-state index contributed by atoms with van der Waals surface area (Å²) in [5, 5.41) is 2.91. The van der Waals surface area contributed by atoms with Gasteiger partial charge in [0.15, 0.2) is 6.10 Å². The van der Waals surface area contributed by atoms with Gasteiger partial charge in [-0.25, -0.2) is 0 Å². The molecule has 1 aromatic rings. The van der Waals surface area contributed by atoms with Crippen LogP contribution in [-0.2, 0) is 9.59 Å². The van der Waals surface area contributed by atoms with E-state index in [1.165, 1.54) is 4.90 Å². The van der Waals surface area contributed by atoms with E-state index in [4.69, 9.17) is 10.5 Å². The highest BCUT2D eigenvalue weighted by Gasteiger charge is 2.34. The van der Waals surface area contributed by atoms with E-state index in [1.807, 2.05) is 45.9 Å². The van der Waals surface area contributed by atoms with Gasteiger partial charge in [-0.2, -0.15) is 0 Å². The van der Waals surface area contributed by atoms with Gasteiger partial charge in [-0.3, -0.25) is 14.5 Å². The van der Waals surface area contributed by atoms with Gasteiger partial charge in [-0.15, -0.1) is 0 Å². The van der Waals surface area contributed by atoms with Crippen LogP contribution in [0.25, 0.3) is 0 Å². The zero-order chi connectivity index (χ0) is 18.6. The maximum Gasteiger partial charge on any atom is 0.268 e. The second kappa shape index (κ2) is 8.34. The van der Waals surface area contributed by atoms with E-state index >= 15 is 0 Å². The average Bonchev–Trinajstić information content (AvgIpc) is 2.62. The molecule has 6 nitrogen and oxygen atoms in total. The van der Waals surface area contributed by atoms with Crippen molar-refractivity contribution in [3.63, 3.8) is 0 Å². The molecule has 3 N–H and O–H groups in total. The van der Waals surface area contributed by atoms with Crippen LogP contribution < -0.4 is 20.7 Å². The van der Waals surface area contributed by atoms with Gasteiger partial charge in [0.05, 0.1) is 5.69 Å². The van der Waals surface area contributed by atoms with Crippen molar-refractivity contribution in [2.75, 3.05) is 11.4 Å². The lowest BCUT2D eigenvalue weighted by atomic mass is 10.0. The number of rotatable bonds is 7. The van der Waals surface area contributed by atoms with Crippen molar-refractivity contribution in [3.8, 4) is 5.75 Å². The van der Waals surface area contributed by atoms with Gasteiger partial charge < -0.3 is 15.8 Å². The van der Waals surface area contributed by atoms with Crippen molar-refractivity contribution in [3.05, 3.63) is 23.8 Å². The van der Waals surface area contributed by atoms with E-state index < -0.39 is 6.10 Å². The number of ether oxygens (including phenoxy) is 1. The van der Waals surface area contributed by atoms with E-state index in [0.717, 1.165) is 18.4 Å². The third-order valence-electron chi connectivity index (χ3n) is 4.64. The number of nitrogens with one attached hydrogen (secondary N) is 1. The van der Waals surface area contributed by atoms with Gasteiger partial charge in [0.2, 0.25) is 5.91 Å². The number of nitrogens with two attached hydrogens (primary N) is 1. The summed E-state index contributed by atoms with van der Waals surface area (Å²) in [4.78, 5) is 26.6. The highest BCUT2D eigenvalue weighted by atomic mass is 16.5. The molecular weight excluding hydrogens is 318 g/mol. The Balaban J connectivity index is 2.33. The Hall–Kier alpha value is -2.08. The standard InChI is InChI=1S/C19H29N3O3/c1-5-12(4)21-18(23)11-22-15-10-13(14(20)6-2)8-9-17(15)25-16(7-3)19(22)24/h8-10,12,14,16H,5-7,11,20H2,1-4H3,(H,21,23). The van der Waals surface area contributed by atoms with Gasteiger partial charge in [0.1, 0.15) is 12.3 Å². The molecule has 1 aromatic carbocycles. The predicted molar refractivity (Wildman–Crippen MR) is 98.6 cm³/mol. The second-order valence-electron chi connectivity index (χ2n) is 6.56. The molecule has 1 aliphatic heterocycles. The van der Waals surface area contributed by atoms with Crippen LogP contribution in [0.5, 0.6) is 5.75 Å². The van der Waals surface area contributed by atoms with Crippen LogP contribution in [0.2, 0.25) is 0 Å². The molecule has 6 heteroatoms. The SMILES string of the molecule is CCC(C)NC(=O)CN1C(=O)C(CC)Oc2ccc(C(N)CC)cc21. The molecule has 1 heterocycles. The molecule has 2 amide bonds. The normalized spacial score (nSPS) is 19.0. The van der Waals surface area contributed by atoms with E-state index in [1.54, 1.807) is 0 Å². The summed E-state index contributed by atoms with van der Waals surface area (Å²) < 4.78 is 5.81. The fourth-order valence-electron chi connectivity index (χ4n) is 2.79. The van der Waals surface area contributed by atoms with Gasteiger partial charge in [-0.05, 0) is 43.9 Å². The number of amides is 2. The number of benzene rings is 1. The second-order valence-corrected chi connectivity index (χ2v) is 6.56. The van der Waals surface area contributed by atoms with Crippen LogP contribution in [0.4, 0.5) is 5.69 Å².